The van der Waals surface area contributed by atoms with Gasteiger partial charge in [-0.15, -0.1) is 0 Å². The third kappa shape index (κ3) is 4.51. The second kappa shape index (κ2) is 6.86. The monoisotopic (exact) mass is 273 g/mol. The highest BCUT2D eigenvalue weighted by Gasteiger charge is 2.05. The lowest BCUT2D eigenvalue weighted by Crippen LogP contribution is -2.21. The summed E-state index contributed by atoms with van der Waals surface area (Å²) < 4.78 is 4.88. The number of carbonyl (C=O) groups is 1. The highest BCUT2D eigenvalue weighted by atomic mass is 16.5. The maximum atomic E-state index is 11.6. The lowest BCUT2D eigenvalue weighted by molar-refractivity contribution is -0.116. The number of anilines is 1. The van der Waals surface area contributed by atoms with E-state index in [1.54, 1.807) is 13.0 Å². The van der Waals surface area contributed by atoms with Crippen LogP contribution in [0, 0.1) is 13.8 Å². The molecule has 0 spiro atoms. The minimum absolute atomic E-state index is 0.0743. The Balaban J connectivity index is 1.65. The van der Waals surface area contributed by atoms with Gasteiger partial charge >= 0.3 is 0 Å². The number of hydrogen-bond acceptors (Lipinski definition) is 4. The van der Waals surface area contributed by atoms with Gasteiger partial charge in [0.25, 0.3) is 0 Å². The van der Waals surface area contributed by atoms with Crippen molar-refractivity contribution in [2.24, 2.45) is 0 Å². The zero-order chi connectivity index (χ0) is 14.4. The zero-order valence-corrected chi connectivity index (χ0v) is 11.8. The van der Waals surface area contributed by atoms with E-state index < -0.39 is 0 Å². The Hall–Kier alpha value is -2.14. The summed E-state index contributed by atoms with van der Waals surface area (Å²) in [4.78, 5) is 11.6. The van der Waals surface area contributed by atoms with Gasteiger partial charge in [-0.2, -0.15) is 0 Å². The highest BCUT2D eigenvalue weighted by molar-refractivity contribution is 5.89. The molecular formula is C15H19N3O2. The Morgan fingerprint density at radius 3 is 2.65 bits per heavy atom. The summed E-state index contributed by atoms with van der Waals surface area (Å²) in [6.07, 6.45) is 0.401. The fourth-order valence-electron chi connectivity index (χ4n) is 1.77. The maximum absolute atomic E-state index is 11.6. The molecule has 20 heavy (non-hydrogen) atoms. The van der Waals surface area contributed by atoms with Gasteiger partial charge in [0.1, 0.15) is 5.76 Å². The molecule has 1 aromatic carbocycles. The largest absolute Gasteiger partial charge is 0.360 e. The van der Waals surface area contributed by atoms with Crippen LogP contribution in [0.2, 0.25) is 0 Å². The smallest absolute Gasteiger partial charge is 0.226 e. The van der Waals surface area contributed by atoms with Crippen molar-refractivity contribution in [1.29, 1.82) is 0 Å². The van der Waals surface area contributed by atoms with E-state index in [0.717, 1.165) is 6.54 Å². The van der Waals surface area contributed by atoms with E-state index in [2.05, 4.69) is 47.0 Å². The second-order valence-corrected chi connectivity index (χ2v) is 4.78. The Morgan fingerprint density at radius 2 is 2.00 bits per heavy atom. The molecule has 106 valence electrons. The van der Waals surface area contributed by atoms with Gasteiger partial charge in [-0.25, -0.2) is 0 Å². The molecule has 1 aromatic heterocycles. The van der Waals surface area contributed by atoms with E-state index in [0.29, 0.717) is 24.5 Å². The molecule has 5 nitrogen and oxygen atoms in total. The van der Waals surface area contributed by atoms with Crippen molar-refractivity contribution >= 4 is 11.7 Å². The Labute approximate surface area is 118 Å². The molecule has 0 saturated heterocycles. The summed E-state index contributed by atoms with van der Waals surface area (Å²) in [5.74, 6) is 1.07. The Kier molecular flexibility index (Phi) is 4.90. The van der Waals surface area contributed by atoms with E-state index in [9.17, 15) is 4.79 Å². The van der Waals surface area contributed by atoms with Crippen LogP contribution in [-0.4, -0.2) is 17.6 Å². The van der Waals surface area contributed by atoms with Crippen LogP contribution < -0.4 is 10.6 Å². The fraction of sp³-hybridized carbons (Fsp3) is 0.333. The van der Waals surface area contributed by atoms with Crippen LogP contribution in [-0.2, 0) is 11.3 Å². The van der Waals surface area contributed by atoms with E-state index >= 15 is 0 Å². The number of amides is 1. The molecule has 0 unspecified atom stereocenters. The number of nitrogens with zero attached hydrogens (tertiary/aromatic N) is 1. The molecule has 5 heteroatoms. The molecule has 0 saturated carbocycles. The molecule has 1 amide bonds. The first-order chi connectivity index (χ1) is 9.63. The van der Waals surface area contributed by atoms with Crippen LogP contribution >= 0.6 is 0 Å². The number of aromatic nitrogens is 1. The molecule has 0 aliphatic rings. The molecule has 0 bridgehead atoms. The predicted molar refractivity (Wildman–Crippen MR) is 77.4 cm³/mol. The number of nitrogens with one attached hydrogen (secondary N) is 2. The van der Waals surface area contributed by atoms with E-state index in [4.69, 9.17) is 4.52 Å². The summed E-state index contributed by atoms with van der Waals surface area (Å²) in [5, 5.41) is 9.64. The van der Waals surface area contributed by atoms with Crippen LogP contribution in [0.25, 0.3) is 0 Å². The summed E-state index contributed by atoms with van der Waals surface area (Å²) in [6.45, 7) is 5.23. The number of benzene rings is 1. The molecule has 0 aliphatic carbocycles. The van der Waals surface area contributed by atoms with Gasteiger partial charge in [0.15, 0.2) is 5.82 Å². The third-order valence-electron chi connectivity index (χ3n) is 2.87. The summed E-state index contributed by atoms with van der Waals surface area (Å²) in [7, 11) is 0. The van der Waals surface area contributed by atoms with Crippen LogP contribution in [0.15, 0.2) is 34.9 Å². The lowest BCUT2D eigenvalue weighted by Gasteiger charge is -2.05. The maximum Gasteiger partial charge on any atom is 0.226 e. The Bertz CT molecular complexity index is 561. The van der Waals surface area contributed by atoms with Crippen molar-refractivity contribution in [3.63, 3.8) is 0 Å². The van der Waals surface area contributed by atoms with Crippen molar-refractivity contribution < 1.29 is 9.32 Å². The lowest BCUT2D eigenvalue weighted by atomic mass is 10.1. The van der Waals surface area contributed by atoms with Crippen molar-refractivity contribution in [2.75, 3.05) is 11.9 Å². The average molecular weight is 273 g/mol. The van der Waals surface area contributed by atoms with Gasteiger partial charge in [-0.3, -0.25) is 4.79 Å². The van der Waals surface area contributed by atoms with Crippen LogP contribution in [0.5, 0.6) is 0 Å². The quantitative estimate of drug-likeness (QED) is 0.793. The van der Waals surface area contributed by atoms with Gasteiger partial charge < -0.3 is 15.2 Å². The van der Waals surface area contributed by atoms with Gasteiger partial charge in [0.2, 0.25) is 5.91 Å². The normalized spacial score (nSPS) is 10.5. The van der Waals surface area contributed by atoms with E-state index in [-0.39, 0.29) is 5.91 Å². The van der Waals surface area contributed by atoms with Gasteiger partial charge in [-0.1, -0.05) is 35.0 Å². The molecule has 0 atom stereocenters. The van der Waals surface area contributed by atoms with Crippen molar-refractivity contribution in [1.82, 2.24) is 10.5 Å². The van der Waals surface area contributed by atoms with Crippen molar-refractivity contribution in [3.05, 3.63) is 47.2 Å². The van der Waals surface area contributed by atoms with Crippen molar-refractivity contribution in [2.45, 2.75) is 26.8 Å². The molecule has 1 heterocycles. The van der Waals surface area contributed by atoms with E-state index in [1.807, 2.05) is 0 Å². The second-order valence-electron chi connectivity index (χ2n) is 4.78. The summed E-state index contributed by atoms with van der Waals surface area (Å²) in [6, 6.07) is 10.0. The third-order valence-corrected chi connectivity index (χ3v) is 2.87. The van der Waals surface area contributed by atoms with Crippen molar-refractivity contribution in [3.8, 4) is 0 Å². The summed E-state index contributed by atoms with van der Waals surface area (Å²) >= 11 is 0. The van der Waals surface area contributed by atoms with Gasteiger partial charge in [-0.05, 0) is 19.4 Å². The first kappa shape index (κ1) is 14.3. The SMILES string of the molecule is Cc1ccc(CNCCC(=O)Nc2cc(C)on2)cc1. The van der Waals surface area contributed by atoms with Gasteiger partial charge in [0.05, 0.1) is 0 Å². The molecular weight excluding hydrogens is 254 g/mol. The van der Waals surface area contributed by atoms with Crippen LogP contribution in [0.3, 0.4) is 0 Å². The first-order valence-corrected chi connectivity index (χ1v) is 6.63. The molecule has 0 fully saturated rings. The standard InChI is InChI=1S/C15H19N3O2/c1-11-3-5-13(6-4-11)10-16-8-7-15(19)17-14-9-12(2)20-18-14/h3-6,9,16H,7-8,10H2,1-2H3,(H,17,18,19). The van der Waals surface area contributed by atoms with Gasteiger partial charge in [0, 0.05) is 25.6 Å². The number of aryl methyl sites for hydroxylation is 2. The molecule has 0 aliphatic heterocycles. The van der Waals surface area contributed by atoms with E-state index in [1.165, 1.54) is 11.1 Å². The number of hydrogen-bond donors (Lipinski definition) is 2. The van der Waals surface area contributed by atoms with Crippen LogP contribution in [0.4, 0.5) is 5.82 Å². The molecule has 2 rings (SSSR count). The first-order valence-electron chi connectivity index (χ1n) is 6.63. The molecule has 2 aromatic rings. The average Bonchev–Trinajstić information content (AvgIpc) is 2.82. The number of carbonyl (C=O) groups excluding carboxylic acids is 1. The molecule has 2 N–H and O–H groups in total. The summed E-state index contributed by atoms with van der Waals surface area (Å²) in [5.41, 5.74) is 2.46. The fourth-order valence-corrected chi connectivity index (χ4v) is 1.77. The molecule has 0 radical (unpaired) electrons. The zero-order valence-electron chi connectivity index (χ0n) is 11.8. The minimum atomic E-state index is -0.0743. The minimum Gasteiger partial charge on any atom is -0.360 e. The highest BCUT2D eigenvalue weighted by Crippen LogP contribution is 2.07. The topological polar surface area (TPSA) is 67.2 Å². The number of rotatable bonds is 6. The predicted octanol–water partition coefficient (Wildman–Crippen LogP) is 2.41. The Morgan fingerprint density at radius 1 is 1.25 bits per heavy atom. The van der Waals surface area contributed by atoms with Crippen LogP contribution in [0.1, 0.15) is 23.3 Å².